The summed E-state index contributed by atoms with van der Waals surface area (Å²) in [5, 5.41) is 1.52. The van der Waals surface area contributed by atoms with Crippen LogP contribution < -0.4 is 5.19 Å². The van der Waals surface area contributed by atoms with E-state index in [0.29, 0.717) is 0 Å². The van der Waals surface area contributed by atoms with Crippen molar-refractivity contribution in [3.05, 3.63) is 106 Å². The van der Waals surface area contributed by atoms with Crippen LogP contribution in [-0.2, 0) is 11.8 Å². The minimum atomic E-state index is -1.63. The van der Waals surface area contributed by atoms with Crippen LogP contribution in [0.1, 0.15) is 45.5 Å². The fraction of sp³-hybridized carbons (Fsp3) is 0.258. The third kappa shape index (κ3) is 3.49. The zero-order valence-electron chi connectivity index (χ0n) is 21.4. The predicted octanol–water partition coefficient (Wildman–Crippen LogP) is 6.64. The largest absolute Gasteiger partial charge is 0.340 e. The first-order valence-electron chi connectivity index (χ1n) is 12.5. The first-order valence-corrected chi connectivity index (χ1v) is 17.3. The van der Waals surface area contributed by atoms with Crippen molar-refractivity contribution in [2.24, 2.45) is 0 Å². The molecule has 35 heavy (non-hydrogen) atoms. The van der Waals surface area contributed by atoms with Crippen molar-refractivity contribution in [1.29, 1.82) is 0 Å². The van der Waals surface area contributed by atoms with E-state index in [9.17, 15) is 0 Å². The van der Waals surface area contributed by atoms with Crippen LogP contribution in [0, 0.1) is 13.8 Å². The van der Waals surface area contributed by atoms with Crippen LogP contribution in [0.3, 0.4) is 0 Å². The molecule has 2 aromatic carbocycles. The molecular weight excluding hydrogens is 461 g/mol. The van der Waals surface area contributed by atoms with E-state index in [2.05, 4.69) is 118 Å². The molecule has 0 fully saturated rings. The quantitative estimate of drug-likeness (QED) is 0.230. The van der Waals surface area contributed by atoms with Gasteiger partial charge in [-0.2, -0.15) is 0 Å². The van der Waals surface area contributed by atoms with E-state index >= 15 is 0 Å². The molecule has 2 atom stereocenters. The van der Waals surface area contributed by atoms with Crippen molar-refractivity contribution in [2.75, 3.05) is 6.26 Å². The molecule has 1 aromatic heterocycles. The number of aryl methyl sites for hydroxylation is 2. The lowest BCUT2D eigenvalue weighted by molar-refractivity contribution is 0.383. The predicted molar refractivity (Wildman–Crippen MR) is 154 cm³/mol. The highest BCUT2D eigenvalue weighted by molar-refractivity contribution is 7.77. The van der Waals surface area contributed by atoms with Gasteiger partial charge in [0.05, 0.1) is 31.4 Å². The molecule has 0 radical (unpaired) electrons. The Morgan fingerprint density at radius 1 is 0.943 bits per heavy atom. The van der Waals surface area contributed by atoms with E-state index in [-0.39, 0.29) is 12.0 Å². The van der Waals surface area contributed by atoms with Crippen LogP contribution in [0.2, 0.25) is 19.6 Å². The number of aromatic nitrogens is 1. The number of pyridine rings is 1. The van der Waals surface area contributed by atoms with Gasteiger partial charge in [-0.05, 0) is 77.2 Å². The summed E-state index contributed by atoms with van der Waals surface area (Å²) in [4.78, 5) is 9.26. The lowest BCUT2D eigenvalue weighted by atomic mass is 9.91. The SMILES string of the molecule is C[SH+]c1ccc(C)c(C2C=CC=CN2C2=Cc3c4cccc3C2c2nc-4cc(C)c2[Si](C)(C)C)c1. The van der Waals surface area contributed by atoms with Crippen LogP contribution in [-0.4, -0.2) is 24.2 Å². The van der Waals surface area contributed by atoms with Gasteiger partial charge < -0.3 is 4.90 Å². The molecule has 0 saturated heterocycles. The van der Waals surface area contributed by atoms with Gasteiger partial charge in [0, 0.05) is 29.2 Å². The van der Waals surface area contributed by atoms with Crippen LogP contribution >= 0.6 is 0 Å². The zero-order chi connectivity index (χ0) is 24.5. The maximum absolute atomic E-state index is 5.39. The molecule has 1 aliphatic carbocycles. The molecule has 3 heterocycles. The summed E-state index contributed by atoms with van der Waals surface area (Å²) in [5.74, 6) is 0.166. The molecule has 176 valence electrons. The van der Waals surface area contributed by atoms with Gasteiger partial charge in [0.15, 0.2) is 4.90 Å². The summed E-state index contributed by atoms with van der Waals surface area (Å²) < 4.78 is 0. The standard InChI is InChI=1S/C31H32N2SSi/c1-19-13-14-21(34-3)17-24(19)27-12-7-8-15-33(27)28-18-25-22-10-9-11-23(25)29(28)30-31(35(4,5)6)20(2)16-26(22)32-30/h7-18,27,29H,1-6H3/p+1. The molecule has 0 N–H and O–H groups in total. The number of hydrogen-bond acceptors (Lipinski definition) is 2. The second kappa shape index (κ2) is 8.11. The summed E-state index contributed by atoms with van der Waals surface area (Å²) in [7, 11) is -1.63. The maximum atomic E-state index is 5.39. The summed E-state index contributed by atoms with van der Waals surface area (Å²) >= 11 is 1.30. The highest BCUT2D eigenvalue weighted by Gasteiger charge is 2.40. The minimum absolute atomic E-state index is 0.166. The molecular formula is C31H33N2SSi+. The maximum Gasteiger partial charge on any atom is 0.152 e. The van der Waals surface area contributed by atoms with Crippen LogP contribution in [0.25, 0.3) is 17.3 Å². The molecule has 0 amide bonds. The zero-order valence-corrected chi connectivity index (χ0v) is 23.3. The summed E-state index contributed by atoms with van der Waals surface area (Å²) in [5.41, 5.74) is 11.9. The molecule has 3 aromatic rings. The average Bonchev–Trinajstić information content (AvgIpc) is 3.20. The van der Waals surface area contributed by atoms with E-state index in [4.69, 9.17) is 4.98 Å². The summed E-state index contributed by atoms with van der Waals surface area (Å²) in [6.45, 7) is 11.9. The van der Waals surface area contributed by atoms with Crippen molar-refractivity contribution in [1.82, 2.24) is 9.88 Å². The van der Waals surface area contributed by atoms with E-state index in [1.54, 1.807) is 0 Å². The molecule has 0 saturated carbocycles. The lowest BCUT2D eigenvalue weighted by Crippen LogP contribution is -2.44. The van der Waals surface area contributed by atoms with Gasteiger partial charge in [0.2, 0.25) is 0 Å². The van der Waals surface area contributed by atoms with Crippen molar-refractivity contribution < 1.29 is 0 Å². The van der Waals surface area contributed by atoms with E-state index in [1.807, 2.05) is 0 Å². The number of thiol groups is 1. The lowest BCUT2D eigenvalue weighted by Gasteiger charge is -2.37. The first kappa shape index (κ1) is 22.6. The van der Waals surface area contributed by atoms with Gasteiger partial charge >= 0.3 is 0 Å². The molecule has 4 heteroatoms. The topological polar surface area (TPSA) is 16.1 Å². The molecule has 0 spiro atoms. The normalized spacial score (nSPS) is 19.7. The number of fused-ring (bicyclic) bond motifs is 4. The third-order valence-corrected chi connectivity index (χ3v) is 10.6. The molecule has 6 rings (SSSR count). The van der Waals surface area contributed by atoms with Gasteiger partial charge in [0.25, 0.3) is 0 Å². The Balaban J connectivity index is 1.56. The Kier molecular flexibility index (Phi) is 5.24. The van der Waals surface area contributed by atoms with Gasteiger partial charge in [0.1, 0.15) is 6.26 Å². The van der Waals surface area contributed by atoms with Gasteiger partial charge in [-0.3, -0.25) is 4.98 Å². The van der Waals surface area contributed by atoms with Gasteiger partial charge in [-0.1, -0.05) is 56.1 Å². The fourth-order valence-corrected chi connectivity index (χ4v) is 8.94. The van der Waals surface area contributed by atoms with Crippen molar-refractivity contribution in [3.63, 3.8) is 0 Å². The Hall–Kier alpha value is -2.82. The molecule has 6 bridgehead atoms. The molecule has 2 unspecified atom stereocenters. The number of rotatable bonds is 4. The smallest absolute Gasteiger partial charge is 0.152 e. The molecule has 2 nitrogen and oxygen atoms in total. The van der Waals surface area contributed by atoms with Crippen LogP contribution in [0.4, 0.5) is 0 Å². The second-order valence-corrected chi connectivity index (χ2v) is 17.0. The van der Waals surface area contributed by atoms with E-state index < -0.39 is 8.07 Å². The molecule has 3 aliphatic rings. The Labute approximate surface area is 214 Å². The molecule has 2 aliphatic heterocycles. The Morgan fingerprint density at radius 3 is 2.54 bits per heavy atom. The monoisotopic (exact) mass is 493 g/mol. The van der Waals surface area contributed by atoms with Crippen molar-refractivity contribution in [3.8, 4) is 11.3 Å². The fourth-order valence-electron chi connectivity index (χ4n) is 6.22. The minimum Gasteiger partial charge on any atom is -0.340 e. The van der Waals surface area contributed by atoms with Crippen molar-refractivity contribution in [2.45, 2.75) is 50.3 Å². The number of allylic oxidation sites excluding steroid dienone is 3. The van der Waals surface area contributed by atoms with Crippen LogP contribution in [0.5, 0.6) is 0 Å². The number of benzene rings is 2. The highest BCUT2D eigenvalue weighted by atomic mass is 32.2. The Morgan fingerprint density at radius 2 is 1.77 bits per heavy atom. The van der Waals surface area contributed by atoms with E-state index in [0.717, 1.165) is 5.69 Å². The first-order chi connectivity index (χ1) is 16.8. The second-order valence-electron chi connectivity index (χ2n) is 11.0. The van der Waals surface area contributed by atoms with Gasteiger partial charge in [-0.15, -0.1) is 0 Å². The third-order valence-electron chi connectivity index (χ3n) is 7.67. The van der Waals surface area contributed by atoms with Crippen molar-refractivity contribution >= 4 is 31.1 Å². The van der Waals surface area contributed by atoms with Crippen LogP contribution in [0.15, 0.2) is 77.5 Å². The van der Waals surface area contributed by atoms with E-state index in [1.165, 1.54) is 66.6 Å². The average molecular weight is 494 g/mol. The highest BCUT2D eigenvalue weighted by Crippen LogP contribution is 2.50. The van der Waals surface area contributed by atoms with Gasteiger partial charge in [-0.25, -0.2) is 0 Å². The summed E-state index contributed by atoms with van der Waals surface area (Å²) in [6.07, 6.45) is 13.7. The number of hydrogen-bond donors (Lipinski definition) is 0. The summed E-state index contributed by atoms with van der Waals surface area (Å²) in [6, 6.07) is 16.2. The number of nitrogens with zero attached hydrogens (tertiary/aromatic N) is 2. The Bertz CT molecular complexity index is 1460.